The van der Waals surface area contributed by atoms with Crippen LogP contribution in [0.25, 0.3) is 21.7 Å². The zero-order chi connectivity index (χ0) is 55.1. The molecule has 21 nitrogen and oxygen atoms in total. The Morgan fingerprint density at radius 1 is 0.711 bits per heavy atom. The third-order valence-electron chi connectivity index (χ3n) is 12.9. The molecule has 0 radical (unpaired) electrons. The SMILES string of the molecule is CC(C)C1NC(=O)[C@H](CCCCN)NC(=O)C(Cc2c[nH]c3ccccc23)NC(=O)[C@H](Cc2ccc(O)cc2)NC(=O)C(NC(=O)[C@H](N)c2cccc3ccccc23)CSSCC(C(=O)N[C@H](C(N)=O)[C@@H](C)O)NC1=O. The molecule has 8 amide bonds. The number of amides is 8. The van der Waals surface area contributed by atoms with E-state index in [0.717, 1.165) is 37.9 Å². The summed E-state index contributed by atoms with van der Waals surface area (Å²) in [5, 5.41) is 41.7. The number of aromatic amines is 1. The molecule has 6 rings (SSSR count). The van der Waals surface area contributed by atoms with Gasteiger partial charge in [0.2, 0.25) is 47.3 Å². The van der Waals surface area contributed by atoms with Crippen molar-refractivity contribution in [2.45, 2.75) is 107 Å². The number of aromatic hydroxyl groups is 1. The number of fused-ring (bicyclic) bond motifs is 2. The lowest BCUT2D eigenvalue weighted by Gasteiger charge is -2.29. The van der Waals surface area contributed by atoms with Gasteiger partial charge in [-0.1, -0.05) is 108 Å². The largest absolute Gasteiger partial charge is 0.508 e. The monoisotopic (exact) mass is 1080 g/mol. The minimum absolute atomic E-state index is 0.0524. The average molecular weight is 1080 g/mol. The number of carbonyl (C=O) groups is 8. The van der Waals surface area contributed by atoms with Crippen LogP contribution in [0, 0.1) is 5.92 Å². The number of unbranched alkanes of at least 4 members (excludes halogenated alkanes) is 1. The minimum atomic E-state index is -1.55. The maximum absolute atomic E-state index is 14.9. The van der Waals surface area contributed by atoms with Gasteiger partial charge in [-0.3, -0.25) is 38.4 Å². The minimum Gasteiger partial charge on any atom is -0.508 e. The Labute approximate surface area is 447 Å². The molecular weight excluding hydrogens is 1010 g/mol. The summed E-state index contributed by atoms with van der Waals surface area (Å²) < 4.78 is 0. The molecule has 1 aromatic heterocycles. The molecule has 2 heterocycles. The van der Waals surface area contributed by atoms with Gasteiger partial charge in [0.1, 0.15) is 54.1 Å². The van der Waals surface area contributed by atoms with Crippen LogP contribution in [0.1, 0.15) is 62.8 Å². The highest BCUT2D eigenvalue weighted by molar-refractivity contribution is 8.76. The third-order valence-corrected chi connectivity index (χ3v) is 15.3. The van der Waals surface area contributed by atoms with E-state index in [1.165, 1.54) is 19.1 Å². The third kappa shape index (κ3) is 15.7. The topological polar surface area (TPSA) is 355 Å². The second-order valence-corrected chi connectivity index (χ2v) is 21.6. The molecule has 76 heavy (non-hydrogen) atoms. The highest BCUT2D eigenvalue weighted by Gasteiger charge is 2.37. The number of carbonyl (C=O) groups excluding carboxylic acids is 8. The van der Waals surface area contributed by atoms with Crippen LogP contribution in [-0.4, -0.2) is 129 Å². The molecule has 0 aliphatic carbocycles. The molecular formula is C53H67N11O10S2. The molecule has 1 fully saturated rings. The van der Waals surface area contributed by atoms with Crippen molar-refractivity contribution in [2.75, 3.05) is 18.1 Å². The van der Waals surface area contributed by atoms with Crippen LogP contribution in [0.4, 0.5) is 0 Å². The maximum Gasteiger partial charge on any atom is 0.244 e. The predicted octanol–water partition coefficient (Wildman–Crippen LogP) is 0.952. The van der Waals surface area contributed by atoms with Crippen LogP contribution in [0.5, 0.6) is 5.75 Å². The highest BCUT2D eigenvalue weighted by atomic mass is 33.1. The van der Waals surface area contributed by atoms with E-state index in [1.807, 2.05) is 48.5 Å². The Morgan fingerprint density at radius 3 is 2.01 bits per heavy atom. The Morgan fingerprint density at radius 2 is 1.33 bits per heavy atom. The molecule has 0 bridgehead atoms. The van der Waals surface area contributed by atoms with Crippen molar-refractivity contribution >= 4 is 90.5 Å². The number of aliphatic hydroxyl groups excluding tert-OH is 1. The number of primary amides is 1. The number of hydrogen-bond donors (Lipinski definition) is 13. The van der Waals surface area contributed by atoms with Crippen LogP contribution in [0.2, 0.25) is 0 Å². The molecule has 23 heteroatoms. The zero-order valence-electron chi connectivity index (χ0n) is 42.4. The lowest BCUT2D eigenvalue weighted by Crippen LogP contribution is -2.62. The van der Waals surface area contributed by atoms with Gasteiger partial charge in [0.25, 0.3) is 0 Å². The molecule has 5 aromatic rings. The normalized spacial score (nSPS) is 21.8. The molecule has 1 aliphatic rings. The summed E-state index contributed by atoms with van der Waals surface area (Å²) in [4.78, 5) is 117. The summed E-state index contributed by atoms with van der Waals surface area (Å²) in [5.74, 6) is -7.76. The van der Waals surface area contributed by atoms with E-state index in [2.05, 4.69) is 42.2 Å². The number of phenols is 1. The van der Waals surface area contributed by atoms with E-state index in [1.54, 1.807) is 50.4 Å². The van der Waals surface area contributed by atoms with Crippen molar-refractivity contribution in [1.29, 1.82) is 0 Å². The molecule has 4 aromatic carbocycles. The predicted molar refractivity (Wildman–Crippen MR) is 292 cm³/mol. The van der Waals surface area contributed by atoms with Crippen molar-refractivity contribution < 1.29 is 48.6 Å². The Bertz CT molecular complexity index is 2860. The molecule has 16 N–H and O–H groups in total. The van der Waals surface area contributed by atoms with Crippen LogP contribution in [0.3, 0.4) is 0 Å². The van der Waals surface area contributed by atoms with Crippen molar-refractivity contribution in [3.05, 3.63) is 114 Å². The van der Waals surface area contributed by atoms with Gasteiger partial charge >= 0.3 is 0 Å². The maximum atomic E-state index is 14.9. The van der Waals surface area contributed by atoms with Gasteiger partial charge in [0, 0.05) is 41.4 Å². The molecule has 1 saturated heterocycles. The van der Waals surface area contributed by atoms with E-state index in [4.69, 9.17) is 17.2 Å². The summed E-state index contributed by atoms with van der Waals surface area (Å²) in [6.07, 6.45) is 0.940. The Balaban J connectivity index is 1.42. The van der Waals surface area contributed by atoms with Gasteiger partial charge in [-0.05, 0) is 84.3 Å². The van der Waals surface area contributed by atoms with E-state index in [0.29, 0.717) is 34.9 Å². The Kier molecular flexibility index (Phi) is 21.1. The summed E-state index contributed by atoms with van der Waals surface area (Å²) >= 11 is 0. The standard InChI is InChI=1S/C53H67N11O10S2/c1-28(2)44-53(74)62-42(51(72)64-45(29(3)65)46(56)67)27-76-75-26-41(61-52(73)43(55)36-15-10-12-31-11-4-5-13-34(31)36)50(71)59-39(23-30-18-20-33(66)21-19-30)48(69)60-40(24-32-25-57-37-16-7-6-14-35(32)37)49(70)58-38(47(68)63-44)17-8-9-22-54/h4-7,10-16,18-21,25,28-29,38-45,57,65-66H,8-9,17,22-24,26-27,54-55H2,1-3H3,(H2,56,67)(H,58,70)(H,59,71)(H,60,69)(H,61,73)(H,62,74)(H,63,68)(H,64,72)/t29-,38+,39+,40?,41?,42?,43-,44?,45+/m1/s1. The number of para-hydroxylation sites is 1. The molecule has 0 spiro atoms. The van der Waals surface area contributed by atoms with Crippen molar-refractivity contribution in [1.82, 2.24) is 42.2 Å². The van der Waals surface area contributed by atoms with Gasteiger partial charge in [-0.15, -0.1) is 0 Å². The number of benzene rings is 4. The molecule has 0 saturated carbocycles. The molecule has 1 aliphatic heterocycles. The van der Waals surface area contributed by atoms with Gasteiger partial charge in [-0.2, -0.15) is 0 Å². The quantitative estimate of drug-likeness (QED) is 0.0484. The fraction of sp³-hybridized carbons (Fsp3) is 0.396. The number of H-pyrrole nitrogens is 1. The second kappa shape index (κ2) is 27.6. The van der Waals surface area contributed by atoms with Crippen LogP contribution in [0.15, 0.2) is 97.2 Å². The zero-order valence-corrected chi connectivity index (χ0v) is 44.0. The lowest BCUT2D eigenvalue weighted by atomic mass is 9.98. The molecule has 9 atom stereocenters. The van der Waals surface area contributed by atoms with Crippen LogP contribution >= 0.6 is 21.6 Å². The highest BCUT2D eigenvalue weighted by Crippen LogP contribution is 2.27. The average Bonchev–Trinajstić information content (AvgIpc) is 3.81. The second-order valence-electron chi connectivity index (χ2n) is 19.0. The van der Waals surface area contributed by atoms with Crippen molar-refractivity contribution in [3.63, 3.8) is 0 Å². The molecule has 4 unspecified atom stereocenters. The number of aliphatic hydroxyl groups is 1. The van der Waals surface area contributed by atoms with Crippen molar-refractivity contribution in [3.8, 4) is 5.75 Å². The van der Waals surface area contributed by atoms with Gasteiger partial charge in [0.15, 0.2) is 0 Å². The van der Waals surface area contributed by atoms with Gasteiger partial charge in [0.05, 0.1) is 6.10 Å². The van der Waals surface area contributed by atoms with E-state index in [9.17, 15) is 48.6 Å². The van der Waals surface area contributed by atoms with E-state index in [-0.39, 0.29) is 43.1 Å². The number of nitrogens with one attached hydrogen (secondary N) is 8. The van der Waals surface area contributed by atoms with E-state index < -0.39 is 108 Å². The summed E-state index contributed by atoms with van der Waals surface area (Å²) in [6, 6.07) is 14.9. The Hall–Kier alpha value is -7.18. The van der Waals surface area contributed by atoms with E-state index >= 15 is 0 Å². The van der Waals surface area contributed by atoms with Crippen molar-refractivity contribution in [2.24, 2.45) is 23.1 Å². The van der Waals surface area contributed by atoms with Crippen LogP contribution < -0.4 is 54.4 Å². The first-order chi connectivity index (χ1) is 36.3. The smallest absolute Gasteiger partial charge is 0.244 e. The molecule has 406 valence electrons. The lowest BCUT2D eigenvalue weighted by molar-refractivity contribution is -0.136. The first-order valence-corrected chi connectivity index (χ1v) is 27.4. The summed E-state index contributed by atoms with van der Waals surface area (Å²) in [5.41, 5.74) is 20.3. The number of nitrogens with two attached hydrogens (primary N) is 3. The first-order valence-electron chi connectivity index (χ1n) is 25.0. The van der Waals surface area contributed by atoms with Gasteiger partial charge in [-0.25, -0.2) is 0 Å². The number of hydrogen-bond acceptors (Lipinski definition) is 14. The number of rotatable bonds is 16. The first kappa shape index (κ1) is 58.1. The summed E-state index contributed by atoms with van der Waals surface area (Å²) in [7, 11) is 2.02. The van der Waals surface area contributed by atoms with Crippen LogP contribution in [-0.2, 0) is 51.2 Å². The summed E-state index contributed by atoms with van der Waals surface area (Å²) in [6.45, 7) is 4.84. The number of phenolic OH excluding ortho intramolecular Hbond substituents is 1. The number of aromatic nitrogens is 1. The fourth-order valence-corrected chi connectivity index (χ4v) is 11.0. The van der Waals surface area contributed by atoms with Gasteiger partial charge < -0.3 is 69.6 Å². The fourth-order valence-electron chi connectivity index (χ4n) is 8.64.